The molecule has 3 rings (SSSR count). The number of nitrogens with two attached hydrogens (primary N) is 1. The second-order valence-electron chi connectivity index (χ2n) is 4.35. The Balaban J connectivity index is 1.91. The van der Waals surface area contributed by atoms with Crippen LogP contribution in [0, 0.1) is 0 Å². The van der Waals surface area contributed by atoms with Crippen molar-refractivity contribution in [2.45, 2.75) is 10.6 Å². The zero-order chi connectivity index (χ0) is 13.1. The van der Waals surface area contributed by atoms with Gasteiger partial charge >= 0.3 is 0 Å². The van der Waals surface area contributed by atoms with Gasteiger partial charge in [-0.1, -0.05) is 30.3 Å². The third-order valence-electron chi connectivity index (χ3n) is 3.05. The molecule has 3 heteroatoms. The predicted molar refractivity (Wildman–Crippen MR) is 82.2 cm³/mol. The van der Waals surface area contributed by atoms with Crippen LogP contribution in [0.5, 0.6) is 0 Å². The van der Waals surface area contributed by atoms with Crippen molar-refractivity contribution < 1.29 is 0 Å². The highest BCUT2D eigenvalue weighted by Gasteiger charge is 2.04. The number of anilines is 1. The van der Waals surface area contributed by atoms with Gasteiger partial charge in [0.15, 0.2) is 0 Å². The maximum absolute atomic E-state index is 5.98. The number of aromatic nitrogens is 1. The third kappa shape index (κ3) is 2.56. The highest BCUT2D eigenvalue weighted by atomic mass is 32.2. The monoisotopic (exact) mass is 266 g/mol. The number of thioether (sulfide) groups is 1. The van der Waals surface area contributed by atoms with Crippen molar-refractivity contribution in [2.75, 3.05) is 5.73 Å². The molecule has 0 fully saturated rings. The van der Waals surface area contributed by atoms with Crippen LogP contribution in [0.4, 0.5) is 5.69 Å². The minimum absolute atomic E-state index is 0.784. The van der Waals surface area contributed by atoms with Crippen molar-refractivity contribution >= 4 is 28.2 Å². The van der Waals surface area contributed by atoms with Gasteiger partial charge < -0.3 is 5.73 Å². The number of rotatable bonds is 3. The van der Waals surface area contributed by atoms with E-state index in [0.29, 0.717) is 0 Å². The molecule has 1 aromatic heterocycles. The van der Waals surface area contributed by atoms with E-state index in [9.17, 15) is 0 Å². The number of pyridine rings is 1. The lowest BCUT2D eigenvalue weighted by atomic mass is 10.1. The van der Waals surface area contributed by atoms with Crippen molar-refractivity contribution in [3.8, 4) is 0 Å². The molecular weight excluding hydrogens is 252 g/mol. The molecule has 19 heavy (non-hydrogen) atoms. The van der Waals surface area contributed by atoms with Gasteiger partial charge in [-0.15, -0.1) is 11.8 Å². The summed E-state index contributed by atoms with van der Waals surface area (Å²) >= 11 is 1.83. The average Bonchev–Trinajstić information content (AvgIpc) is 2.48. The van der Waals surface area contributed by atoms with Crippen molar-refractivity contribution in [2.24, 2.45) is 0 Å². The molecule has 0 unspecified atom stereocenters. The number of nitrogen functional groups attached to an aromatic ring is 1. The van der Waals surface area contributed by atoms with Crippen molar-refractivity contribution in [3.05, 3.63) is 66.5 Å². The van der Waals surface area contributed by atoms with Gasteiger partial charge in [0.25, 0.3) is 0 Å². The Morgan fingerprint density at radius 2 is 1.79 bits per heavy atom. The molecule has 0 radical (unpaired) electrons. The molecule has 2 nitrogen and oxygen atoms in total. The highest BCUT2D eigenvalue weighted by Crippen LogP contribution is 2.32. The van der Waals surface area contributed by atoms with E-state index in [1.807, 2.05) is 42.4 Å². The van der Waals surface area contributed by atoms with Gasteiger partial charge in [-0.3, -0.25) is 4.98 Å². The lowest BCUT2D eigenvalue weighted by molar-refractivity contribution is 1.35. The molecule has 0 aliphatic heterocycles. The molecule has 0 saturated heterocycles. The van der Waals surface area contributed by atoms with Crippen LogP contribution in [0.1, 0.15) is 5.56 Å². The van der Waals surface area contributed by atoms with E-state index in [-0.39, 0.29) is 0 Å². The van der Waals surface area contributed by atoms with Crippen LogP contribution in [0.3, 0.4) is 0 Å². The van der Waals surface area contributed by atoms with E-state index in [0.717, 1.165) is 16.8 Å². The van der Waals surface area contributed by atoms with Crippen molar-refractivity contribution in [3.63, 3.8) is 0 Å². The van der Waals surface area contributed by atoms with Crippen LogP contribution < -0.4 is 5.73 Å². The third-order valence-corrected chi connectivity index (χ3v) is 4.19. The quantitative estimate of drug-likeness (QED) is 0.573. The maximum atomic E-state index is 5.98. The summed E-state index contributed by atoms with van der Waals surface area (Å²) in [5.74, 6) is 0.960. The number of hydrogen-bond donors (Lipinski definition) is 1. The van der Waals surface area contributed by atoms with Gasteiger partial charge in [0.1, 0.15) is 0 Å². The molecule has 0 bridgehead atoms. The van der Waals surface area contributed by atoms with Crippen LogP contribution in [-0.4, -0.2) is 4.98 Å². The zero-order valence-electron chi connectivity index (χ0n) is 10.4. The summed E-state index contributed by atoms with van der Waals surface area (Å²) in [6, 6.07) is 16.5. The van der Waals surface area contributed by atoms with Crippen molar-refractivity contribution in [1.29, 1.82) is 0 Å². The summed E-state index contributed by atoms with van der Waals surface area (Å²) in [6.45, 7) is 0. The summed E-state index contributed by atoms with van der Waals surface area (Å²) in [7, 11) is 0. The first-order valence-corrected chi connectivity index (χ1v) is 7.12. The normalized spacial score (nSPS) is 10.7. The van der Waals surface area contributed by atoms with Gasteiger partial charge in [0, 0.05) is 39.5 Å². The van der Waals surface area contributed by atoms with E-state index in [1.165, 1.54) is 15.8 Å². The molecule has 94 valence electrons. The second-order valence-corrected chi connectivity index (χ2v) is 5.37. The highest BCUT2D eigenvalue weighted by molar-refractivity contribution is 7.98. The topological polar surface area (TPSA) is 38.9 Å². The Morgan fingerprint density at radius 1 is 0.947 bits per heavy atom. The molecule has 0 spiro atoms. The number of nitrogens with zero attached hydrogens (tertiary/aromatic N) is 1. The molecule has 2 N–H and O–H groups in total. The maximum Gasteiger partial charge on any atom is 0.0410 e. The Kier molecular flexibility index (Phi) is 3.38. The van der Waals surface area contributed by atoms with Gasteiger partial charge in [0.05, 0.1) is 0 Å². The fourth-order valence-electron chi connectivity index (χ4n) is 2.05. The lowest BCUT2D eigenvalue weighted by Gasteiger charge is -2.08. The molecule has 1 heterocycles. The van der Waals surface area contributed by atoms with E-state index < -0.39 is 0 Å². The summed E-state index contributed by atoms with van der Waals surface area (Å²) in [4.78, 5) is 5.39. The Hall–Kier alpha value is -2.00. The molecule has 0 amide bonds. The fraction of sp³-hybridized carbons (Fsp3) is 0.0625. The van der Waals surface area contributed by atoms with Crippen LogP contribution in [0.2, 0.25) is 0 Å². The number of fused-ring (bicyclic) bond motifs is 1. The summed E-state index contributed by atoms with van der Waals surface area (Å²) in [5.41, 5.74) is 8.09. The van der Waals surface area contributed by atoms with Crippen molar-refractivity contribution in [1.82, 2.24) is 4.98 Å². The first-order valence-electron chi connectivity index (χ1n) is 6.13. The predicted octanol–water partition coefficient (Wildman–Crippen LogP) is 4.11. The lowest BCUT2D eigenvalue weighted by Crippen LogP contribution is -1.89. The smallest absolute Gasteiger partial charge is 0.0410 e. The van der Waals surface area contributed by atoms with Crippen LogP contribution in [0.15, 0.2) is 65.8 Å². The molecule has 0 saturated carbocycles. The molecule has 0 aliphatic carbocycles. The molecule has 3 aromatic rings. The van der Waals surface area contributed by atoms with Gasteiger partial charge in [-0.25, -0.2) is 0 Å². The summed E-state index contributed by atoms with van der Waals surface area (Å²) in [5, 5.41) is 2.21. The minimum Gasteiger partial charge on any atom is -0.398 e. The Labute approximate surface area is 116 Å². The van der Waals surface area contributed by atoms with E-state index >= 15 is 0 Å². The van der Waals surface area contributed by atoms with Gasteiger partial charge in [0.2, 0.25) is 0 Å². The zero-order valence-corrected chi connectivity index (χ0v) is 11.2. The number of hydrogen-bond acceptors (Lipinski definition) is 3. The Bertz CT molecular complexity index is 695. The molecular formula is C16H14N2S. The number of benzene rings is 2. The largest absolute Gasteiger partial charge is 0.398 e. The standard InChI is InChI=1S/C16H14N2S/c17-15-6-7-16(13-8-9-18-10-14(13)15)19-11-12-4-2-1-3-5-12/h1-10H,11,17H2. The minimum atomic E-state index is 0.784. The molecule has 2 aromatic carbocycles. The van der Waals surface area contributed by atoms with Crippen LogP contribution in [-0.2, 0) is 5.75 Å². The first-order chi connectivity index (χ1) is 9.34. The molecule has 0 atom stereocenters. The second kappa shape index (κ2) is 5.33. The SMILES string of the molecule is Nc1ccc(SCc2ccccc2)c2ccncc12. The van der Waals surface area contributed by atoms with E-state index in [4.69, 9.17) is 5.73 Å². The van der Waals surface area contributed by atoms with Crippen LogP contribution >= 0.6 is 11.8 Å². The fourth-order valence-corrected chi connectivity index (χ4v) is 3.06. The molecule has 0 aliphatic rings. The van der Waals surface area contributed by atoms with Crippen LogP contribution in [0.25, 0.3) is 10.8 Å². The summed E-state index contributed by atoms with van der Waals surface area (Å²) < 4.78 is 0. The van der Waals surface area contributed by atoms with E-state index in [1.54, 1.807) is 0 Å². The van der Waals surface area contributed by atoms with Gasteiger partial charge in [-0.05, 0) is 23.8 Å². The summed E-state index contributed by atoms with van der Waals surface area (Å²) in [6.07, 6.45) is 3.64. The van der Waals surface area contributed by atoms with Gasteiger partial charge in [-0.2, -0.15) is 0 Å². The average molecular weight is 266 g/mol. The van der Waals surface area contributed by atoms with E-state index in [2.05, 4.69) is 35.3 Å². The Morgan fingerprint density at radius 3 is 2.63 bits per heavy atom. The first kappa shape index (κ1) is 12.1.